The molecule has 1 unspecified atom stereocenters. The van der Waals surface area contributed by atoms with Gasteiger partial charge in [-0.15, -0.1) is 0 Å². The highest BCUT2D eigenvalue weighted by molar-refractivity contribution is 5.91. The Labute approximate surface area is 113 Å². The summed E-state index contributed by atoms with van der Waals surface area (Å²) in [6.45, 7) is 2.19. The Morgan fingerprint density at radius 2 is 2.26 bits per heavy atom. The van der Waals surface area contributed by atoms with Crippen molar-refractivity contribution in [3.63, 3.8) is 0 Å². The van der Waals surface area contributed by atoms with Crippen molar-refractivity contribution in [1.29, 1.82) is 0 Å². The second-order valence-electron chi connectivity index (χ2n) is 5.32. The molecule has 1 amide bonds. The smallest absolute Gasteiger partial charge is 0.226 e. The summed E-state index contributed by atoms with van der Waals surface area (Å²) in [4.78, 5) is 12.0. The van der Waals surface area contributed by atoms with E-state index in [1.165, 1.54) is 24.0 Å². The third kappa shape index (κ3) is 3.14. The summed E-state index contributed by atoms with van der Waals surface area (Å²) < 4.78 is 5.35. The first-order valence-corrected chi connectivity index (χ1v) is 7.04. The standard InChI is InChI=1S/C15H20N2O2/c18-15(9-14-10-19-7-6-16-14)17-13-5-4-11-2-1-3-12(11)8-13/h4-5,8,14,16H,1-3,6-7,9-10H2,(H,17,18). The number of fused-ring (bicyclic) bond motifs is 1. The Bertz CT molecular complexity index is 467. The minimum Gasteiger partial charge on any atom is -0.378 e. The number of aryl methyl sites for hydroxylation is 2. The van der Waals surface area contributed by atoms with E-state index in [0.29, 0.717) is 13.0 Å². The topological polar surface area (TPSA) is 50.4 Å². The molecule has 1 aliphatic heterocycles. The van der Waals surface area contributed by atoms with Crippen molar-refractivity contribution in [3.05, 3.63) is 29.3 Å². The summed E-state index contributed by atoms with van der Waals surface area (Å²) in [6.07, 6.45) is 4.01. The van der Waals surface area contributed by atoms with E-state index in [4.69, 9.17) is 4.74 Å². The van der Waals surface area contributed by atoms with Crippen LogP contribution in [0.25, 0.3) is 0 Å². The molecule has 4 heteroatoms. The maximum atomic E-state index is 12.0. The molecule has 0 aromatic heterocycles. The van der Waals surface area contributed by atoms with Gasteiger partial charge in [0.05, 0.1) is 13.2 Å². The first-order chi connectivity index (χ1) is 9.31. The van der Waals surface area contributed by atoms with Crippen molar-refractivity contribution in [2.45, 2.75) is 31.7 Å². The number of benzene rings is 1. The Morgan fingerprint density at radius 1 is 1.37 bits per heavy atom. The molecule has 0 radical (unpaired) electrons. The molecule has 0 saturated carbocycles. The van der Waals surface area contributed by atoms with Crippen molar-refractivity contribution >= 4 is 11.6 Å². The number of nitrogens with one attached hydrogen (secondary N) is 2. The zero-order valence-corrected chi connectivity index (χ0v) is 11.1. The highest BCUT2D eigenvalue weighted by Gasteiger charge is 2.17. The number of ether oxygens (including phenoxy) is 1. The number of amides is 1. The Balaban J connectivity index is 1.56. The average Bonchev–Trinajstić information content (AvgIpc) is 2.87. The third-order valence-corrected chi connectivity index (χ3v) is 3.81. The van der Waals surface area contributed by atoms with E-state index >= 15 is 0 Å². The molecule has 1 atom stereocenters. The molecule has 0 bridgehead atoms. The van der Waals surface area contributed by atoms with E-state index in [2.05, 4.69) is 22.8 Å². The van der Waals surface area contributed by atoms with Crippen molar-refractivity contribution in [2.24, 2.45) is 0 Å². The van der Waals surface area contributed by atoms with Crippen LogP contribution in [0.15, 0.2) is 18.2 Å². The lowest BCUT2D eigenvalue weighted by Gasteiger charge is -2.23. The highest BCUT2D eigenvalue weighted by Crippen LogP contribution is 2.24. The summed E-state index contributed by atoms with van der Waals surface area (Å²) in [7, 11) is 0. The molecule has 102 valence electrons. The van der Waals surface area contributed by atoms with Gasteiger partial charge in [-0.25, -0.2) is 0 Å². The van der Waals surface area contributed by atoms with Crippen LogP contribution in [0.5, 0.6) is 0 Å². The van der Waals surface area contributed by atoms with Crippen molar-refractivity contribution in [2.75, 3.05) is 25.1 Å². The van der Waals surface area contributed by atoms with Gasteiger partial charge >= 0.3 is 0 Å². The summed E-state index contributed by atoms with van der Waals surface area (Å²) in [5.74, 6) is 0.0564. The Hall–Kier alpha value is -1.39. The molecule has 1 aliphatic carbocycles. The van der Waals surface area contributed by atoms with Crippen LogP contribution >= 0.6 is 0 Å². The number of morpholine rings is 1. The van der Waals surface area contributed by atoms with E-state index in [1.807, 2.05) is 6.07 Å². The fourth-order valence-corrected chi connectivity index (χ4v) is 2.84. The number of carbonyl (C=O) groups is 1. The minimum atomic E-state index is 0.0564. The minimum absolute atomic E-state index is 0.0564. The fourth-order valence-electron chi connectivity index (χ4n) is 2.84. The van der Waals surface area contributed by atoms with Crippen LogP contribution in [-0.4, -0.2) is 31.7 Å². The zero-order chi connectivity index (χ0) is 13.1. The van der Waals surface area contributed by atoms with Gasteiger partial charge in [-0.3, -0.25) is 4.79 Å². The second-order valence-corrected chi connectivity index (χ2v) is 5.32. The highest BCUT2D eigenvalue weighted by atomic mass is 16.5. The lowest BCUT2D eigenvalue weighted by molar-refractivity contribution is -0.117. The fraction of sp³-hybridized carbons (Fsp3) is 0.533. The molecule has 4 nitrogen and oxygen atoms in total. The molecule has 2 N–H and O–H groups in total. The molecule has 2 aliphatic rings. The van der Waals surface area contributed by atoms with E-state index in [-0.39, 0.29) is 11.9 Å². The first-order valence-electron chi connectivity index (χ1n) is 7.04. The largest absolute Gasteiger partial charge is 0.378 e. The van der Waals surface area contributed by atoms with Gasteiger partial charge in [-0.2, -0.15) is 0 Å². The predicted octanol–water partition coefficient (Wildman–Crippen LogP) is 1.49. The number of hydrogen-bond acceptors (Lipinski definition) is 3. The van der Waals surface area contributed by atoms with Crippen LogP contribution in [0.4, 0.5) is 5.69 Å². The van der Waals surface area contributed by atoms with Gasteiger partial charge in [-0.1, -0.05) is 6.07 Å². The van der Waals surface area contributed by atoms with E-state index in [1.54, 1.807) is 0 Å². The number of anilines is 1. The summed E-state index contributed by atoms with van der Waals surface area (Å²) in [5, 5.41) is 6.28. The van der Waals surface area contributed by atoms with Crippen LogP contribution in [0.3, 0.4) is 0 Å². The zero-order valence-electron chi connectivity index (χ0n) is 11.1. The van der Waals surface area contributed by atoms with Gasteiger partial charge in [0.2, 0.25) is 5.91 Å². The van der Waals surface area contributed by atoms with Crippen molar-refractivity contribution < 1.29 is 9.53 Å². The summed E-state index contributed by atoms with van der Waals surface area (Å²) in [5.41, 5.74) is 3.74. The second kappa shape index (κ2) is 5.72. The number of carbonyl (C=O) groups excluding carboxylic acids is 1. The molecule has 0 spiro atoms. The Kier molecular flexibility index (Phi) is 3.80. The normalized spacial score (nSPS) is 22.0. The number of rotatable bonds is 3. The van der Waals surface area contributed by atoms with Crippen LogP contribution < -0.4 is 10.6 Å². The maximum absolute atomic E-state index is 12.0. The molecule has 19 heavy (non-hydrogen) atoms. The summed E-state index contributed by atoms with van der Waals surface area (Å²) >= 11 is 0. The van der Waals surface area contributed by atoms with Crippen LogP contribution in [-0.2, 0) is 22.4 Å². The molecule has 1 fully saturated rings. The van der Waals surface area contributed by atoms with E-state index in [0.717, 1.165) is 25.3 Å². The van der Waals surface area contributed by atoms with Gasteiger partial charge in [0.15, 0.2) is 0 Å². The molecule has 3 rings (SSSR count). The van der Waals surface area contributed by atoms with Crippen LogP contribution in [0.1, 0.15) is 24.0 Å². The first kappa shape index (κ1) is 12.6. The van der Waals surface area contributed by atoms with Crippen molar-refractivity contribution in [1.82, 2.24) is 5.32 Å². The lowest BCUT2D eigenvalue weighted by Crippen LogP contribution is -2.43. The van der Waals surface area contributed by atoms with Gasteiger partial charge in [0.1, 0.15) is 0 Å². The summed E-state index contributed by atoms with van der Waals surface area (Å²) in [6, 6.07) is 6.40. The van der Waals surface area contributed by atoms with E-state index < -0.39 is 0 Å². The monoisotopic (exact) mass is 260 g/mol. The molecular formula is C15H20N2O2. The molecule has 1 aromatic rings. The quantitative estimate of drug-likeness (QED) is 0.866. The average molecular weight is 260 g/mol. The van der Waals surface area contributed by atoms with Crippen molar-refractivity contribution in [3.8, 4) is 0 Å². The predicted molar refractivity (Wildman–Crippen MR) is 74.3 cm³/mol. The molecule has 1 aromatic carbocycles. The lowest BCUT2D eigenvalue weighted by atomic mass is 10.1. The van der Waals surface area contributed by atoms with E-state index in [9.17, 15) is 4.79 Å². The number of hydrogen-bond donors (Lipinski definition) is 2. The third-order valence-electron chi connectivity index (χ3n) is 3.81. The molecule has 1 saturated heterocycles. The SMILES string of the molecule is O=C(CC1COCCN1)Nc1ccc2c(c1)CCC2. The van der Waals surface area contributed by atoms with Gasteiger partial charge in [-0.05, 0) is 42.5 Å². The van der Waals surface area contributed by atoms with Gasteiger partial charge in [0.25, 0.3) is 0 Å². The van der Waals surface area contributed by atoms with Gasteiger partial charge < -0.3 is 15.4 Å². The van der Waals surface area contributed by atoms with Gasteiger partial charge in [0, 0.05) is 24.7 Å². The Morgan fingerprint density at radius 3 is 3.11 bits per heavy atom. The van der Waals surface area contributed by atoms with Crippen LogP contribution in [0, 0.1) is 0 Å². The van der Waals surface area contributed by atoms with Crippen LogP contribution in [0.2, 0.25) is 0 Å². The molecule has 1 heterocycles. The molecular weight excluding hydrogens is 240 g/mol. The maximum Gasteiger partial charge on any atom is 0.226 e.